The van der Waals surface area contributed by atoms with Crippen LogP contribution in [-0.4, -0.2) is 30.1 Å². The molecule has 0 unspecified atom stereocenters. The summed E-state index contributed by atoms with van der Waals surface area (Å²) < 4.78 is 0.494. The molecule has 1 saturated heterocycles. The van der Waals surface area contributed by atoms with Crippen LogP contribution >= 0.6 is 15.9 Å². The molecule has 17 heavy (non-hydrogen) atoms. The summed E-state index contributed by atoms with van der Waals surface area (Å²) >= 11 is 3.15. The number of halogens is 1. The van der Waals surface area contributed by atoms with Gasteiger partial charge in [0.1, 0.15) is 0 Å². The lowest BCUT2D eigenvalue weighted by Crippen LogP contribution is -2.48. The minimum absolute atomic E-state index is 0.0214. The Morgan fingerprint density at radius 1 is 1.41 bits per heavy atom. The Kier molecular flexibility index (Phi) is 3.44. The molecule has 1 aromatic rings. The highest BCUT2D eigenvalue weighted by molar-refractivity contribution is 9.10. The first-order valence-corrected chi connectivity index (χ1v) is 5.91. The van der Waals surface area contributed by atoms with Gasteiger partial charge >= 0.3 is 5.97 Å². The number of hydrogen-bond acceptors (Lipinski definition) is 3. The van der Waals surface area contributed by atoms with Crippen LogP contribution in [0.5, 0.6) is 0 Å². The summed E-state index contributed by atoms with van der Waals surface area (Å²) in [7, 11) is 0. The topological polar surface area (TPSA) is 78.4 Å². The quantitative estimate of drug-likeness (QED) is 0.786. The van der Waals surface area contributed by atoms with Crippen LogP contribution in [0.15, 0.2) is 22.7 Å². The van der Waals surface area contributed by atoms with Crippen LogP contribution in [0.1, 0.15) is 10.4 Å². The van der Waals surface area contributed by atoms with Crippen molar-refractivity contribution in [3.8, 4) is 0 Å². The van der Waals surface area contributed by atoms with Crippen LogP contribution in [0.25, 0.3) is 0 Å². The van der Waals surface area contributed by atoms with E-state index in [4.69, 9.17) is 5.11 Å². The van der Waals surface area contributed by atoms with E-state index >= 15 is 0 Å². The fourth-order valence-electron chi connectivity index (χ4n) is 1.49. The summed E-state index contributed by atoms with van der Waals surface area (Å²) in [6.45, 7) is 1.35. The molecule has 0 atom stereocenters. The van der Waals surface area contributed by atoms with Crippen molar-refractivity contribution in [1.29, 1.82) is 0 Å². The van der Waals surface area contributed by atoms with Gasteiger partial charge in [-0.15, -0.1) is 0 Å². The molecule has 1 heterocycles. The number of carbonyl (C=O) groups is 2. The summed E-state index contributed by atoms with van der Waals surface area (Å²) in [5.74, 6) is -1.13. The Morgan fingerprint density at radius 2 is 2.12 bits per heavy atom. The second kappa shape index (κ2) is 4.85. The van der Waals surface area contributed by atoms with Gasteiger partial charge in [-0.3, -0.25) is 4.79 Å². The maximum absolute atomic E-state index is 11.7. The number of benzene rings is 1. The monoisotopic (exact) mass is 298 g/mol. The number of rotatable bonds is 3. The SMILES string of the molecule is O=C(O)c1cc(NC(=O)C2CNC2)ccc1Br. The lowest BCUT2D eigenvalue weighted by Gasteiger charge is -2.25. The number of nitrogens with one attached hydrogen (secondary N) is 2. The molecule has 0 saturated carbocycles. The van der Waals surface area contributed by atoms with E-state index in [1.165, 1.54) is 6.07 Å². The molecule has 5 nitrogen and oxygen atoms in total. The zero-order valence-corrected chi connectivity index (χ0v) is 10.5. The first-order chi connectivity index (χ1) is 8.08. The Hall–Kier alpha value is -1.40. The van der Waals surface area contributed by atoms with Crippen LogP contribution in [0, 0.1) is 5.92 Å². The fourth-order valence-corrected chi connectivity index (χ4v) is 1.90. The van der Waals surface area contributed by atoms with Gasteiger partial charge in [0.15, 0.2) is 0 Å². The van der Waals surface area contributed by atoms with Gasteiger partial charge in [0.25, 0.3) is 0 Å². The molecule has 0 radical (unpaired) electrons. The van der Waals surface area contributed by atoms with Crippen LogP contribution in [0.3, 0.4) is 0 Å². The third kappa shape index (κ3) is 2.65. The molecule has 0 aromatic heterocycles. The van der Waals surface area contributed by atoms with E-state index in [2.05, 4.69) is 26.6 Å². The summed E-state index contributed by atoms with van der Waals surface area (Å²) in [5.41, 5.74) is 0.636. The highest BCUT2D eigenvalue weighted by Gasteiger charge is 2.24. The van der Waals surface area contributed by atoms with E-state index in [0.717, 1.165) is 0 Å². The van der Waals surface area contributed by atoms with E-state index in [0.29, 0.717) is 23.2 Å². The van der Waals surface area contributed by atoms with Gasteiger partial charge in [-0.2, -0.15) is 0 Å². The molecular weight excluding hydrogens is 288 g/mol. The van der Waals surface area contributed by atoms with Crippen molar-refractivity contribution < 1.29 is 14.7 Å². The zero-order valence-electron chi connectivity index (χ0n) is 8.87. The number of amides is 1. The van der Waals surface area contributed by atoms with Gasteiger partial charge in [-0.25, -0.2) is 4.79 Å². The molecule has 0 aliphatic carbocycles. The third-order valence-electron chi connectivity index (χ3n) is 2.62. The number of carbonyl (C=O) groups excluding carboxylic acids is 1. The lowest BCUT2D eigenvalue weighted by molar-refractivity contribution is -0.121. The average molecular weight is 299 g/mol. The normalized spacial score (nSPS) is 15.1. The summed E-state index contributed by atoms with van der Waals surface area (Å²) in [6.07, 6.45) is 0. The molecular formula is C11H11BrN2O3. The van der Waals surface area contributed by atoms with E-state index in [1.807, 2.05) is 0 Å². The Morgan fingerprint density at radius 3 is 2.65 bits per heavy atom. The highest BCUT2D eigenvalue weighted by Crippen LogP contribution is 2.21. The number of aromatic carboxylic acids is 1. The Bertz CT molecular complexity index is 472. The minimum atomic E-state index is -1.03. The molecule has 90 valence electrons. The smallest absolute Gasteiger partial charge is 0.336 e. The maximum Gasteiger partial charge on any atom is 0.336 e. The predicted octanol–water partition coefficient (Wildman–Crippen LogP) is 1.31. The molecule has 6 heteroatoms. The first-order valence-electron chi connectivity index (χ1n) is 5.12. The third-order valence-corrected chi connectivity index (χ3v) is 3.31. The molecule has 0 bridgehead atoms. The second-order valence-corrected chi connectivity index (χ2v) is 4.70. The number of carboxylic acids is 1. The maximum atomic E-state index is 11.7. The molecule has 1 amide bonds. The number of carboxylic acid groups (broad SMARTS) is 1. The predicted molar refractivity (Wildman–Crippen MR) is 66.1 cm³/mol. The highest BCUT2D eigenvalue weighted by atomic mass is 79.9. The van der Waals surface area contributed by atoms with Crippen molar-refractivity contribution in [3.63, 3.8) is 0 Å². The van der Waals surface area contributed by atoms with Crippen molar-refractivity contribution in [1.82, 2.24) is 5.32 Å². The molecule has 0 spiro atoms. The van der Waals surface area contributed by atoms with Crippen molar-refractivity contribution in [2.24, 2.45) is 5.92 Å². The van der Waals surface area contributed by atoms with Crippen molar-refractivity contribution >= 4 is 33.5 Å². The number of anilines is 1. The van der Waals surface area contributed by atoms with Crippen LogP contribution in [0.2, 0.25) is 0 Å². The summed E-state index contributed by atoms with van der Waals surface area (Å²) in [6, 6.07) is 4.72. The first kappa shape index (κ1) is 12.1. The van der Waals surface area contributed by atoms with Crippen LogP contribution in [0.4, 0.5) is 5.69 Å². The average Bonchev–Trinajstić information content (AvgIpc) is 2.17. The van der Waals surface area contributed by atoms with Crippen molar-refractivity contribution in [2.75, 3.05) is 18.4 Å². The van der Waals surface area contributed by atoms with Crippen molar-refractivity contribution in [3.05, 3.63) is 28.2 Å². The van der Waals surface area contributed by atoms with Gasteiger partial charge in [0.05, 0.1) is 11.5 Å². The van der Waals surface area contributed by atoms with E-state index < -0.39 is 5.97 Å². The van der Waals surface area contributed by atoms with Gasteiger partial charge in [0.2, 0.25) is 5.91 Å². The van der Waals surface area contributed by atoms with Gasteiger partial charge < -0.3 is 15.7 Å². The van der Waals surface area contributed by atoms with Crippen LogP contribution < -0.4 is 10.6 Å². The van der Waals surface area contributed by atoms with Gasteiger partial charge in [-0.05, 0) is 34.1 Å². The van der Waals surface area contributed by atoms with E-state index in [9.17, 15) is 9.59 Å². The zero-order chi connectivity index (χ0) is 12.4. The lowest BCUT2D eigenvalue weighted by atomic mass is 10.0. The summed E-state index contributed by atoms with van der Waals surface area (Å²) in [5, 5.41) is 14.6. The molecule has 1 aliphatic heterocycles. The van der Waals surface area contributed by atoms with E-state index in [-0.39, 0.29) is 17.4 Å². The Labute approximate surface area is 106 Å². The molecule has 2 rings (SSSR count). The second-order valence-electron chi connectivity index (χ2n) is 3.84. The number of hydrogen-bond donors (Lipinski definition) is 3. The molecule has 1 aliphatic rings. The molecule has 3 N–H and O–H groups in total. The Balaban J connectivity index is 2.13. The fraction of sp³-hybridized carbons (Fsp3) is 0.273. The van der Waals surface area contributed by atoms with Gasteiger partial charge in [0, 0.05) is 23.2 Å². The summed E-state index contributed by atoms with van der Waals surface area (Å²) in [4.78, 5) is 22.6. The van der Waals surface area contributed by atoms with Gasteiger partial charge in [-0.1, -0.05) is 0 Å². The van der Waals surface area contributed by atoms with E-state index in [1.54, 1.807) is 12.1 Å². The standard InChI is InChI=1S/C11H11BrN2O3/c12-9-2-1-7(3-8(9)11(16)17)14-10(15)6-4-13-5-6/h1-3,6,13H,4-5H2,(H,14,15)(H,16,17). The largest absolute Gasteiger partial charge is 0.478 e. The van der Waals surface area contributed by atoms with Crippen LogP contribution in [-0.2, 0) is 4.79 Å². The molecule has 1 fully saturated rings. The van der Waals surface area contributed by atoms with Crippen molar-refractivity contribution in [2.45, 2.75) is 0 Å². The minimum Gasteiger partial charge on any atom is -0.478 e. The molecule has 1 aromatic carbocycles.